The van der Waals surface area contributed by atoms with Crippen molar-refractivity contribution in [1.29, 1.82) is 0 Å². The number of amidine groups is 1. The minimum absolute atomic E-state index is 0.0933. The molecule has 2 rings (SSSR count). The van der Waals surface area contributed by atoms with E-state index in [9.17, 15) is 13.6 Å². The fraction of sp³-hybridized carbons (Fsp3) is 0.333. The molecular weight excluding hydrogens is 364 g/mol. The van der Waals surface area contributed by atoms with Crippen LogP contribution < -0.4 is 15.6 Å². The highest BCUT2D eigenvalue weighted by atomic mass is 19.1. The van der Waals surface area contributed by atoms with Gasteiger partial charge in [0.1, 0.15) is 11.6 Å². The number of hydrogen-bond acceptors (Lipinski definition) is 3. The van der Waals surface area contributed by atoms with Crippen molar-refractivity contribution >= 4 is 17.7 Å². The maximum absolute atomic E-state index is 13.8. The molecule has 1 heterocycles. The Morgan fingerprint density at radius 2 is 1.89 bits per heavy atom. The van der Waals surface area contributed by atoms with E-state index in [0.29, 0.717) is 23.3 Å². The lowest BCUT2D eigenvalue weighted by Crippen LogP contribution is -2.24. The molecule has 0 aliphatic rings. The Kier molecular flexibility index (Phi) is 8.57. The van der Waals surface area contributed by atoms with Crippen LogP contribution in [0.15, 0.2) is 40.6 Å². The van der Waals surface area contributed by atoms with Gasteiger partial charge in [0.25, 0.3) is 5.56 Å². The van der Waals surface area contributed by atoms with E-state index < -0.39 is 17.2 Å². The summed E-state index contributed by atoms with van der Waals surface area (Å²) in [6.07, 6.45) is 1.54. The third-order valence-corrected chi connectivity index (χ3v) is 3.50. The average molecular weight is 391 g/mol. The van der Waals surface area contributed by atoms with Gasteiger partial charge in [-0.25, -0.2) is 8.78 Å². The number of ether oxygens (including phenoxy) is 1. The number of aliphatic imine (C=N–C) groups is 1. The van der Waals surface area contributed by atoms with Crippen LogP contribution in [0, 0.1) is 11.6 Å². The molecule has 0 radical (unpaired) electrons. The van der Waals surface area contributed by atoms with Crippen LogP contribution >= 0.6 is 0 Å². The molecule has 0 bridgehead atoms. The Balaban J connectivity index is 0.00000190. The Bertz CT molecular complexity index is 919. The third-order valence-electron chi connectivity index (χ3n) is 3.50. The highest BCUT2D eigenvalue weighted by molar-refractivity contribution is 5.94. The van der Waals surface area contributed by atoms with Crippen LogP contribution in [0.5, 0.6) is 11.5 Å². The average Bonchev–Trinajstić information content (AvgIpc) is 2.64. The maximum Gasteiger partial charge on any atom is 0.294 e. The number of nitrogens with one attached hydrogen (secondary N) is 1. The summed E-state index contributed by atoms with van der Waals surface area (Å²) < 4.78 is 33.5. The number of benzene rings is 1. The van der Waals surface area contributed by atoms with Gasteiger partial charge < -0.3 is 10.1 Å². The predicted octanol–water partition coefficient (Wildman–Crippen LogP) is 5.36. The number of nitrogens with zero attached hydrogens (tertiary/aromatic N) is 2. The summed E-state index contributed by atoms with van der Waals surface area (Å²) in [6.45, 7) is 13.4. The molecule has 28 heavy (non-hydrogen) atoms. The van der Waals surface area contributed by atoms with Gasteiger partial charge in [0.2, 0.25) is 0 Å². The van der Waals surface area contributed by atoms with Crippen LogP contribution in [0.1, 0.15) is 40.2 Å². The summed E-state index contributed by atoms with van der Waals surface area (Å²) in [5.41, 5.74) is 0.0853. The number of halogens is 2. The highest BCUT2D eigenvalue weighted by Gasteiger charge is 2.15. The summed E-state index contributed by atoms with van der Waals surface area (Å²) in [5.74, 6) is -0.841. The highest BCUT2D eigenvalue weighted by Crippen LogP contribution is 2.26. The van der Waals surface area contributed by atoms with E-state index >= 15 is 0 Å². The number of aromatic nitrogens is 1. The summed E-state index contributed by atoms with van der Waals surface area (Å²) in [7, 11) is 1.55. The van der Waals surface area contributed by atoms with E-state index in [1.54, 1.807) is 14.0 Å². The predicted molar refractivity (Wildman–Crippen MR) is 111 cm³/mol. The number of hydrogen-bond donors (Lipinski definition) is 1. The molecule has 1 N–H and O–H groups in total. The second-order valence-electron chi connectivity index (χ2n) is 5.99. The monoisotopic (exact) mass is 391 g/mol. The number of rotatable bonds is 5. The zero-order chi connectivity index (χ0) is 21.4. The van der Waals surface area contributed by atoms with E-state index in [0.717, 1.165) is 12.1 Å². The third kappa shape index (κ3) is 5.77. The van der Waals surface area contributed by atoms with E-state index in [1.165, 1.54) is 16.7 Å². The van der Waals surface area contributed by atoms with Crippen molar-refractivity contribution in [2.45, 2.75) is 40.7 Å². The minimum atomic E-state index is -0.894. The first-order valence-electron chi connectivity index (χ1n) is 9.03. The van der Waals surface area contributed by atoms with Gasteiger partial charge in [-0.15, -0.1) is 0 Å². The summed E-state index contributed by atoms with van der Waals surface area (Å²) in [5, 5.41) is 3.07. The summed E-state index contributed by atoms with van der Waals surface area (Å²) >= 11 is 0. The summed E-state index contributed by atoms with van der Waals surface area (Å²) in [6, 6.07) is 4.41. The zero-order valence-electron chi connectivity index (χ0n) is 17.1. The fourth-order valence-corrected chi connectivity index (χ4v) is 2.38. The van der Waals surface area contributed by atoms with Gasteiger partial charge in [-0.3, -0.25) is 14.4 Å². The normalized spacial score (nSPS) is 11.0. The second-order valence-corrected chi connectivity index (χ2v) is 5.99. The van der Waals surface area contributed by atoms with Crippen molar-refractivity contribution in [3.8, 4) is 11.5 Å². The van der Waals surface area contributed by atoms with Crippen molar-refractivity contribution in [2.24, 2.45) is 12.0 Å². The van der Waals surface area contributed by atoms with Gasteiger partial charge in [0.15, 0.2) is 17.3 Å². The van der Waals surface area contributed by atoms with E-state index in [4.69, 9.17) is 4.74 Å². The van der Waals surface area contributed by atoms with Crippen molar-refractivity contribution in [2.75, 3.05) is 5.32 Å². The van der Waals surface area contributed by atoms with Crippen LogP contribution in [-0.2, 0) is 7.05 Å². The summed E-state index contributed by atoms with van der Waals surface area (Å²) in [4.78, 5) is 16.9. The van der Waals surface area contributed by atoms with Gasteiger partial charge in [-0.2, -0.15) is 0 Å². The molecule has 1 aromatic carbocycles. The van der Waals surface area contributed by atoms with E-state index in [2.05, 4.69) is 16.9 Å². The van der Waals surface area contributed by atoms with Gasteiger partial charge in [0, 0.05) is 24.7 Å². The molecule has 0 saturated heterocycles. The molecule has 0 aliphatic carbocycles. The molecule has 2 aromatic rings. The Morgan fingerprint density at radius 3 is 2.43 bits per heavy atom. The van der Waals surface area contributed by atoms with E-state index in [1.807, 2.05) is 27.7 Å². The lowest BCUT2D eigenvalue weighted by atomic mass is 10.2. The zero-order valence-corrected chi connectivity index (χ0v) is 17.1. The quantitative estimate of drug-likeness (QED) is 0.551. The van der Waals surface area contributed by atoms with Crippen LogP contribution in [0.4, 0.5) is 14.6 Å². The smallest absolute Gasteiger partial charge is 0.294 e. The van der Waals surface area contributed by atoms with Crippen LogP contribution in [-0.4, -0.2) is 16.4 Å². The molecule has 0 spiro atoms. The second kappa shape index (κ2) is 10.4. The van der Waals surface area contributed by atoms with Crippen molar-refractivity contribution in [1.82, 2.24) is 4.57 Å². The van der Waals surface area contributed by atoms with Crippen LogP contribution in [0.25, 0.3) is 6.08 Å². The molecule has 0 atom stereocenters. The molecule has 7 heteroatoms. The first kappa shape index (κ1) is 23.1. The van der Waals surface area contributed by atoms with Crippen LogP contribution in [0.2, 0.25) is 0 Å². The van der Waals surface area contributed by atoms with Crippen LogP contribution in [0.3, 0.4) is 0 Å². The standard InChI is InChI=1S/C19H21F2N3O2.C2H6/c1-6-13-9-17(26-16-8-7-14(20)10-15(16)21)19(25)24(5)18(13)23-12(4)22-11(2)3;1-2/h6-11H,1H2,2-5H3,(H,22,23);1-2H3. The van der Waals surface area contributed by atoms with Gasteiger partial charge in [0.05, 0.1) is 5.84 Å². The largest absolute Gasteiger partial charge is 0.448 e. The molecular formula is C21H27F2N3O2. The van der Waals surface area contributed by atoms with Gasteiger partial charge in [-0.05, 0) is 39.0 Å². The maximum atomic E-state index is 13.8. The van der Waals surface area contributed by atoms with Gasteiger partial charge >= 0.3 is 0 Å². The van der Waals surface area contributed by atoms with Crippen molar-refractivity contribution in [3.05, 3.63) is 58.4 Å². The molecule has 152 valence electrons. The molecule has 0 unspecified atom stereocenters. The van der Waals surface area contributed by atoms with Crippen molar-refractivity contribution in [3.63, 3.8) is 0 Å². The lowest BCUT2D eigenvalue weighted by molar-refractivity contribution is 0.429. The molecule has 0 amide bonds. The molecule has 5 nitrogen and oxygen atoms in total. The first-order chi connectivity index (χ1) is 13.2. The Hall–Kier alpha value is -2.96. The Morgan fingerprint density at radius 1 is 1.25 bits per heavy atom. The van der Waals surface area contributed by atoms with E-state index in [-0.39, 0.29) is 17.5 Å². The van der Waals surface area contributed by atoms with Gasteiger partial charge in [-0.1, -0.05) is 26.5 Å². The van der Waals surface area contributed by atoms with Crippen molar-refractivity contribution < 1.29 is 13.5 Å². The molecule has 0 saturated carbocycles. The number of anilines is 1. The Labute approximate surface area is 164 Å². The lowest BCUT2D eigenvalue weighted by Gasteiger charge is -2.16. The first-order valence-corrected chi connectivity index (χ1v) is 9.03. The fourth-order valence-electron chi connectivity index (χ4n) is 2.38. The molecule has 1 aromatic heterocycles. The molecule has 0 aliphatic heterocycles. The molecule has 0 fully saturated rings. The topological polar surface area (TPSA) is 55.6 Å². The minimum Gasteiger partial charge on any atom is -0.448 e. The number of pyridine rings is 1. The SMILES string of the molecule is C=Cc1cc(Oc2ccc(F)cc2F)c(=O)n(C)c1NC(C)=NC(C)C.CC.